The van der Waals surface area contributed by atoms with E-state index in [9.17, 15) is 18.3 Å². The van der Waals surface area contributed by atoms with Crippen LogP contribution in [0.5, 0.6) is 5.75 Å². The summed E-state index contributed by atoms with van der Waals surface area (Å²) in [5.74, 6) is 0.566. The predicted octanol–water partition coefficient (Wildman–Crippen LogP) is 3.99. The van der Waals surface area contributed by atoms with E-state index in [-0.39, 0.29) is 12.8 Å². The third kappa shape index (κ3) is 3.62. The van der Waals surface area contributed by atoms with Crippen LogP contribution in [0.4, 0.5) is 13.2 Å². The Labute approximate surface area is 110 Å². The molecule has 0 radical (unpaired) electrons. The number of halogens is 3. The number of alkyl halides is 3. The predicted molar refractivity (Wildman–Crippen MR) is 65.0 cm³/mol. The van der Waals surface area contributed by atoms with Crippen molar-refractivity contribution in [2.75, 3.05) is 0 Å². The fourth-order valence-corrected chi connectivity index (χ4v) is 2.49. The van der Waals surface area contributed by atoms with Gasteiger partial charge in [-0.1, -0.05) is 18.2 Å². The number of para-hydroxylation sites is 1. The van der Waals surface area contributed by atoms with Crippen molar-refractivity contribution in [3.8, 4) is 5.75 Å². The molecule has 1 aromatic rings. The van der Waals surface area contributed by atoms with Crippen LogP contribution < -0.4 is 4.74 Å². The molecule has 19 heavy (non-hydrogen) atoms. The largest absolute Gasteiger partial charge is 0.487 e. The van der Waals surface area contributed by atoms with Gasteiger partial charge in [-0.05, 0) is 25.8 Å². The normalized spacial score (nSPS) is 26.7. The highest BCUT2D eigenvalue weighted by Gasteiger charge is 2.37. The van der Waals surface area contributed by atoms with Gasteiger partial charge in [-0.2, -0.15) is 13.2 Å². The van der Waals surface area contributed by atoms with Crippen LogP contribution in [-0.2, 0) is 0 Å². The molecular formula is C14H17F3O2. The molecular weight excluding hydrogens is 257 g/mol. The van der Waals surface area contributed by atoms with E-state index in [2.05, 4.69) is 0 Å². The molecule has 0 fully saturated rings. The zero-order chi connectivity index (χ0) is 14.1. The number of ether oxygens (including phenoxy) is 1. The van der Waals surface area contributed by atoms with Crippen LogP contribution in [0.15, 0.2) is 24.3 Å². The van der Waals surface area contributed by atoms with Crippen molar-refractivity contribution in [3.63, 3.8) is 0 Å². The Balaban J connectivity index is 2.02. The molecule has 0 aliphatic carbocycles. The molecule has 2 unspecified atom stereocenters. The molecule has 0 spiro atoms. The van der Waals surface area contributed by atoms with Crippen molar-refractivity contribution in [1.29, 1.82) is 0 Å². The topological polar surface area (TPSA) is 29.5 Å². The zero-order valence-electron chi connectivity index (χ0n) is 10.7. The van der Waals surface area contributed by atoms with Crippen molar-refractivity contribution in [3.05, 3.63) is 29.8 Å². The van der Waals surface area contributed by atoms with Gasteiger partial charge in [-0.3, -0.25) is 0 Å². The number of rotatable bonds is 3. The van der Waals surface area contributed by atoms with Crippen LogP contribution in [0, 0.1) is 0 Å². The lowest BCUT2D eigenvalue weighted by Gasteiger charge is -2.38. The summed E-state index contributed by atoms with van der Waals surface area (Å²) in [6.45, 7) is 1.75. The van der Waals surface area contributed by atoms with Gasteiger partial charge in [0.15, 0.2) is 0 Å². The molecule has 1 aliphatic rings. The number of fused-ring (bicyclic) bond motifs is 1. The second kappa shape index (κ2) is 5.04. The average molecular weight is 274 g/mol. The summed E-state index contributed by atoms with van der Waals surface area (Å²) in [6, 6.07) is 7.10. The Morgan fingerprint density at radius 2 is 2.05 bits per heavy atom. The van der Waals surface area contributed by atoms with Gasteiger partial charge in [0.1, 0.15) is 11.4 Å². The summed E-state index contributed by atoms with van der Waals surface area (Å²) >= 11 is 0. The van der Waals surface area contributed by atoms with Crippen molar-refractivity contribution >= 4 is 0 Å². The molecule has 2 atom stereocenters. The fraction of sp³-hybridized carbons (Fsp3) is 0.571. The van der Waals surface area contributed by atoms with Crippen molar-refractivity contribution in [1.82, 2.24) is 0 Å². The maximum absolute atomic E-state index is 12.2. The van der Waals surface area contributed by atoms with E-state index in [1.807, 2.05) is 0 Å². The van der Waals surface area contributed by atoms with Crippen LogP contribution in [-0.4, -0.2) is 16.9 Å². The molecule has 1 aromatic carbocycles. The minimum absolute atomic E-state index is 0.00882. The van der Waals surface area contributed by atoms with Crippen LogP contribution in [0.1, 0.15) is 44.3 Å². The number of aliphatic hydroxyl groups is 1. The number of benzene rings is 1. The molecule has 2 nitrogen and oxygen atoms in total. The maximum atomic E-state index is 12.2. The van der Waals surface area contributed by atoms with E-state index in [0.29, 0.717) is 17.7 Å². The first-order chi connectivity index (χ1) is 8.79. The summed E-state index contributed by atoms with van der Waals surface area (Å²) in [5, 5.41) is 10.1. The van der Waals surface area contributed by atoms with Gasteiger partial charge < -0.3 is 9.84 Å². The molecule has 0 amide bonds. The summed E-state index contributed by atoms with van der Waals surface area (Å²) in [4.78, 5) is 0. The molecule has 0 bridgehead atoms. The van der Waals surface area contributed by atoms with Crippen LogP contribution in [0.3, 0.4) is 0 Å². The summed E-state index contributed by atoms with van der Waals surface area (Å²) in [6.07, 6.45) is -5.03. The average Bonchev–Trinajstić information content (AvgIpc) is 2.26. The van der Waals surface area contributed by atoms with Crippen LogP contribution in [0.2, 0.25) is 0 Å². The van der Waals surface area contributed by atoms with E-state index in [1.54, 1.807) is 31.2 Å². The second-order valence-electron chi connectivity index (χ2n) is 5.28. The second-order valence-corrected chi connectivity index (χ2v) is 5.28. The summed E-state index contributed by atoms with van der Waals surface area (Å²) in [7, 11) is 0. The highest BCUT2D eigenvalue weighted by Crippen LogP contribution is 2.41. The number of hydrogen-bond acceptors (Lipinski definition) is 2. The standard InChI is InChI=1S/C14H17F3O2/c1-13(7-4-8-14(15,16)17)9-11(18)10-5-2-3-6-12(10)19-13/h2-3,5-6,11,18H,4,7-9H2,1H3. The molecule has 106 valence electrons. The fourth-order valence-electron chi connectivity index (χ4n) is 2.49. The lowest BCUT2D eigenvalue weighted by molar-refractivity contribution is -0.138. The number of aliphatic hydroxyl groups excluding tert-OH is 1. The van der Waals surface area contributed by atoms with Gasteiger partial charge >= 0.3 is 6.18 Å². The molecule has 1 heterocycles. The molecule has 0 saturated heterocycles. The lowest BCUT2D eigenvalue weighted by atomic mass is 9.86. The molecule has 2 rings (SSSR count). The summed E-state index contributed by atoms with van der Waals surface area (Å²) < 4.78 is 42.3. The zero-order valence-corrected chi connectivity index (χ0v) is 10.7. The van der Waals surface area contributed by atoms with E-state index in [0.717, 1.165) is 0 Å². The van der Waals surface area contributed by atoms with E-state index < -0.39 is 24.3 Å². The Morgan fingerprint density at radius 3 is 2.74 bits per heavy atom. The van der Waals surface area contributed by atoms with Crippen molar-refractivity contribution < 1.29 is 23.0 Å². The summed E-state index contributed by atoms with van der Waals surface area (Å²) in [5.41, 5.74) is -0.0326. The van der Waals surface area contributed by atoms with Gasteiger partial charge in [-0.15, -0.1) is 0 Å². The minimum Gasteiger partial charge on any atom is -0.487 e. The first-order valence-corrected chi connectivity index (χ1v) is 6.32. The Bertz CT molecular complexity index is 445. The highest BCUT2D eigenvalue weighted by molar-refractivity contribution is 5.37. The Morgan fingerprint density at radius 1 is 1.37 bits per heavy atom. The van der Waals surface area contributed by atoms with Crippen molar-refractivity contribution in [2.45, 2.75) is 50.5 Å². The lowest BCUT2D eigenvalue weighted by Crippen LogP contribution is -2.38. The molecule has 1 N–H and O–H groups in total. The number of hydrogen-bond donors (Lipinski definition) is 1. The van der Waals surface area contributed by atoms with E-state index in [1.165, 1.54) is 0 Å². The minimum atomic E-state index is -4.14. The van der Waals surface area contributed by atoms with Gasteiger partial charge in [0.2, 0.25) is 0 Å². The third-order valence-electron chi connectivity index (χ3n) is 3.43. The van der Waals surface area contributed by atoms with E-state index in [4.69, 9.17) is 4.74 Å². The SMILES string of the molecule is CC1(CCCC(F)(F)F)CC(O)c2ccccc2O1. The maximum Gasteiger partial charge on any atom is 0.389 e. The first-order valence-electron chi connectivity index (χ1n) is 6.32. The van der Waals surface area contributed by atoms with Crippen LogP contribution in [0.25, 0.3) is 0 Å². The smallest absolute Gasteiger partial charge is 0.389 e. The molecule has 0 saturated carbocycles. The van der Waals surface area contributed by atoms with Gasteiger partial charge in [0.05, 0.1) is 6.10 Å². The van der Waals surface area contributed by atoms with Crippen molar-refractivity contribution in [2.24, 2.45) is 0 Å². The van der Waals surface area contributed by atoms with Gasteiger partial charge in [0, 0.05) is 18.4 Å². The van der Waals surface area contributed by atoms with E-state index >= 15 is 0 Å². The third-order valence-corrected chi connectivity index (χ3v) is 3.43. The molecule has 5 heteroatoms. The monoisotopic (exact) mass is 274 g/mol. The molecule has 0 aromatic heterocycles. The Kier molecular flexibility index (Phi) is 3.76. The molecule has 1 aliphatic heterocycles. The highest BCUT2D eigenvalue weighted by atomic mass is 19.4. The quantitative estimate of drug-likeness (QED) is 0.903. The van der Waals surface area contributed by atoms with Gasteiger partial charge in [0.25, 0.3) is 0 Å². The van der Waals surface area contributed by atoms with Crippen LogP contribution >= 0.6 is 0 Å². The Hall–Kier alpha value is -1.23. The first kappa shape index (κ1) is 14.2. The van der Waals surface area contributed by atoms with Gasteiger partial charge in [-0.25, -0.2) is 0 Å².